The predicted molar refractivity (Wildman–Crippen MR) is 82.8 cm³/mol. The predicted octanol–water partition coefficient (Wildman–Crippen LogP) is 1.87. The van der Waals surface area contributed by atoms with E-state index in [9.17, 15) is 22.8 Å². The molecule has 0 unspecified atom stereocenters. The fourth-order valence-electron chi connectivity index (χ4n) is 1.94. The summed E-state index contributed by atoms with van der Waals surface area (Å²) >= 11 is 0. The number of pyridine rings is 1. The molecule has 132 valence electrons. The molecule has 2 amide bonds. The van der Waals surface area contributed by atoms with Crippen LogP contribution in [0.4, 0.5) is 19.0 Å². The lowest BCUT2D eigenvalue weighted by Gasteiger charge is -2.13. The fourth-order valence-corrected chi connectivity index (χ4v) is 1.94. The first-order valence-corrected chi connectivity index (χ1v) is 6.98. The molecule has 1 N–H and O–H groups in total. The zero-order valence-electron chi connectivity index (χ0n) is 13.1. The minimum Gasteiger partial charge on any atom is -0.333 e. The maximum Gasteiger partial charge on any atom is 0.420 e. The number of anilines is 1. The van der Waals surface area contributed by atoms with Crippen LogP contribution in [0.2, 0.25) is 0 Å². The van der Waals surface area contributed by atoms with Gasteiger partial charge in [-0.1, -0.05) is 6.58 Å². The first kappa shape index (κ1) is 18.2. The third kappa shape index (κ3) is 4.43. The Bertz CT molecular complexity index is 800. The van der Waals surface area contributed by atoms with Crippen LogP contribution in [0.3, 0.4) is 0 Å². The second-order valence-electron chi connectivity index (χ2n) is 4.96. The van der Waals surface area contributed by atoms with Crippen LogP contribution in [0, 0.1) is 0 Å². The smallest absolute Gasteiger partial charge is 0.333 e. The average Bonchev–Trinajstić information content (AvgIpc) is 3.01. The van der Waals surface area contributed by atoms with Crippen molar-refractivity contribution in [1.29, 1.82) is 0 Å². The first-order valence-electron chi connectivity index (χ1n) is 6.98. The summed E-state index contributed by atoms with van der Waals surface area (Å²) in [7, 11) is 1.41. The molecule has 0 atom stereocenters. The third-order valence-electron chi connectivity index (χ3n) is 3.10. The molecule has 0 bridgehead atoms. The molecule has 2 heterocycles. The van der Waals surface area contributed by atoms with E-state index in [-0.39, 0.29) is 12.4 Å². The Morgan fingerprint density at radius 2 is 2.12 bits per heavy atom. The van der Waals surface area contributed by atoms with E-state index in [0.29, 0.717) is 0 Å². The number of rotatable bonds is 5. The van der Waals surface area contributed by atoms with E-state index in [2.05, 4.69) is 22.0 Å². The van der Waals surface area contributed by atoms with Crippen LogP contribution in [0.25, 0.3) is 5.82 Å². The van der Waals surface area contributed by atoms with Gasteiger partial charge in [-0.2, -0.15) is 13.2 Å². The molecule has 0 fully saturated rings. The highest BCUT2D eigenvalue weighted by Gasteiger charge is 2.34. The highest BCUT2D eigenvalue weighted by Crippen LogP contribution is 2.32. The van der Waals surface area contributed by atoms with Crippen LogP contribution < -0.4 is 5.32 Å². The summed E-state index contributed by atoms with van der Waals surface area (Å²) in [6.45, 7) is 3.05. The second kappa shape index (κ2) is 7.16. The van der Waals surface area contributed by atoms with Crippen LogP contribution in [0.15, 0.2) is 43.2 Å². The largest absolute Gasteiger partial charge is 0.420 e. The van der Waals surface area contributed by atoms with Gasteiger partial charge >= 0.3 is 6.18 Å². The molecule has 0 saturated heterocycles. The molecule has 0 aliphatic heterocycles. The Labute approximate surface area is 140 Å². The maximum absolute atomic E-state index is 13.0. The molecule has 10 heteroatoms. The van der Waals surface area contributed by atoms with Crippen molar-refractivity contribution < 1.29 is 22.8 Å². The number of nitrogens with one attached hydrogen (secondary N) is 1. The topological polar surface area (TPSA) is 80.1 Å². The van der Waals surface area contributed by atoms with E-state index in [1.165, 1.54) is 31.6 Å². The Morgan fingerprint density at radius 1 is 1.40 bits per heavy atom. The van der Waals surface area contributed by atoms with E-state index in [4.69, 9.17) is 0 Å². The van der Waals surface area contributed by atoms with Gasteiger partial charge in [0.1, 0.15) is 5.56 Å². The standard InChI is InChI=1S/C15H14F3N5O2/c1-3-13(25)22(2)9-12(24)20-11-6-8-23(21-11)14-10(15(16,17)18)5-4-7-19-14/h3-8H,1,9H2,2H3,(H,20,21,24). The minimum atomic E-state index is -4.59. The van der Waals surface area contributed by atoms with Crippen LogP contribution in [-0.4, -0.2) is 45.1 Å². The van der Waals surface area contributed by atoms with Gasteiger partial charge in [-0.05, 0) is 18.2 Å². The lowest BCUT2D eigenvalue weighted by molar-refractivity contribution is -0.137. The zero-order valence-corrected chi connectivity index (χ0v) is 13.1. The van der Waals surface area contributed by atoms with Gasteiger partial charge in [-0.3, -0.25) is 9.59 Å². The quantitative estimate of drug-likeness (QED) is 0.832. The number of nitrogens with zero attached hydrogens (tertiary/aromatic N) is 4. The molecular weight excluding hydrogens is 339 g/mol. The Kier molecular flexibility index (Phi) is 5.20. The summed E-state index contributed by atoms with van der Waals surface area (Å²) in [5, 5.41) is 6.26. The van der Waals surface area contributed by atoms with E-state index in [1.54, 1.807) is 0 Å². The molecule has 0 aromatic carbocycles. The number of carbonyl (C=O) groups excluding carboxylic acids is 2. The number of likely N-dealkylation sites (N-methyl/N-ethyl adjacent to an activating group) is 1. The number of halogens is 3. The van der Waals surface area contributed by atoms with Crippen LogP contribution in [-0.2, 0) is 15.8 Å². The molecule has 7 nitrogen and oxygen atoms in total. The Morgan fingerprint density at radius 3 is 2.76 bits per heavy atom. The van der Waals surface area contributed by atoms with Gasteiger partial charge in [-0.25, -0.2) is 9.67 Å². The molecule has 0 spiro atoms. The molecule has 0 aliphatic rings. The number of hydrogen-bond acceptors (Lipinski definition) is 4. The number of alkyl halides is 3. The van der Waals surface area contributed by atoms with Crippen LogP contribution in [0.1, 0.15) is 5.56 Å². The lowest BCUT2D eigenvalue weighted by Crippen LogP contribution is -2.33. The minimum absolute atomic E-state index is 0.0308. The maximum atomic E-state index is 13.0. The average molecular weight is 353 g/mol. The molecule has 2 rings (SSSR count). The molecule has 2 aromatic heterocycles. The van der Waals surface area contributed by atoms with Crippen LogP contribution in [0.5, 0.6) is 0 Å². The highest BCUT2D eigenvalue weighted by atomic mass is 19.4. The van der Waals surface area contributed by atoms with Gasteiger partial charge in [0.2, 0.25) is 11.8 Å². The summed E-state index contributed by atoms with van der Waals surface area (Å²) in [4.78, 5) is 28.0. The van der Waals surface area contributed by atoms with Crippen molar-refractivity contribution in [2.45, 2.75) is 6.18 Å². The summed E-state index contributed by atoms with van der Waals surface area (Å²) in [6, 6.07) is 3.38. The van der Waals surface area contributed by atoms with E-state index in [1.807, 2.05) is 0 Å². The normalized spacial score (nSPS) is 11.0. The fraction of sp³-hybridized carbons (Fsp3) is 0.200. The van der Waals surface area contributed by atoms with Crippen molar-refractivity contribution in [3.63, 3.8) is 0 Å². The van der Waals surface area contributed by atoms with Crippen molar-refractivity contribution in [3.05, 3.63) is 48.8 Å². The van der Waals surface area contributed by atoms with Gasteiger partial charge in [-0.15, -0.1) is 5.10 Å². The van der Waals surface area contributed by atoms with Gasteiger partial charge in [0.15, 0.2) is 11.6 Å². The van der Waals surface area contributed by atoms with Gasteiger partial charge in [0.05, 0.1) is 6.54 Å². The van der Waals surface area contributed by atoms with Gasteiger partial charge in [0.25, 0.3) is 0 Å². The Balaban J connectivity index is 2.15. The van der Waals surface area contributed by atoms with E-state index < -0.39 is 29.4 Å². The lowest BCUT2D eigenvalue weighted by atomic mass is 10.2. The summed E-state index contributed by atoms with van der Waals surface area (Å²) in [5.74, 6) is -1.37. The van der Waals surface area contributed by atoms with Gasteiger partial charge in [0, 0.05) is 25.5 Å². The van der Waals surface area contributed by atoms with E-state index in [0.717, 1.165) is 21.7 Å². The molecule has 0 aliphatic carbocycles. The van der Waals surface area contributed by atoms with Crippen molar-refractivity contribution in [2.24, 2.45) is 0 Å². The van der Waals surface area contributed by atoms with Crippen LogP contribution >= 0.6 is 0 Å². The number of amides is 2. The summed E-state index contributed by atoms with van der Waals surface area (Å²) in [5.41, 5.74) is -0.952. The first-order chi connectivity index (χ1) is 11.7. The van der Waals surface area contributed by atoms with Crippen molar-refractivity contribution >= 4 is 17.6 Å². The number of aromatic nitrogens is 3. The van der Waals surface area contributed by atoms with E-state index >= 15 is 0 Å². The van der Waals surface area contributed by atoms with Crippen molar-refractivity contribution in [1.82, 2.24) is 19.7 Å². The Hall–Kier alpha value is -3.17. The monoisotopic (exact) mass is 353 g/mol. The molecule has 0 saturated carbocycles. The van der Waals surface area contributed by atoms with Crippen molar-refractivity contribution in [2.75, 3.05) is 18.9 Å². The molecule has 0 radical (unpaired) electrons. The second-order valence-corrected chi connectivity index (χ2v) is 4.96. The summed E-state index contributed by atoms with van der Waals surface area (Å²) in [6.07, 6.45) is -1.08. The van der Waals surface area contributed by atoms with Crippen molar-refractivity contribution in [3.8, 4) is 5.82 Å². The third-order valence-corrected chi connectivity index (χ3v) is 3.10. The molecule has 25 heavy (non-hydrogen) atoms. The molecular formula is C15H14F3N5O2. The number of carbonyl (C=O) groups is 2. The SMILES string of the molecule is C=CC(=O)N(C)CC(=O)Nc1ccn(-c2ncccc2C(F)(F)F)n1. The van der Waals surface area contributed by atoms with Gasteiger partial charge < -0.3 is 10.2 Å². The highest BCUT2D eigenvalue weighted by molar-refractivity contribution is 5.95. The number of hydrogen-bond donors (Lipinski definition) is 1. The molecule has 2 aromatic rings. The zero-order chi connectivity index (χ0) is 18.6. The summed E-state index contributed by atoms with van der Waals surface area (Å²) < 4.78 is 39.9.